The SMILES string of the molecule is O=C(CCC1NC(=O)N(CCc2ccccc2)C1=O)NC[C@@H]1CCCN2CCCC[C@H]12. The van der Waals surface area contributed by atoms with Gasteiger partial charge in [-0.2, -0.15) is 0 Å². The van der Waals surface area contributed by atoms with Crippen LogP contribution in [0.5, 0.6) is 0 Å². The Labute approximate surface area is 184 Å². The van der Waals surface area contributed by atoms with Gasteiger partial charge in [-0.1, -0.05) is 36.8 Å². The van der Waals surface area contributed by atoms with Crippen LogP contribution in [0.25, 0.3) is 0 Å². The molecule has 3 atom stereocenters. The molecule has 3 saturated heterocycles. The van der Waals surface area contributed by atoms with Gasteiger partial charge < -0.3 is 15.5 Å². The van der Waals surface area contributed by atoms with Crippen LogP contribution in [-0.2, 0) is 16.0 Å². The standard InChI is InChI=1S/C24H34N4O3/c29-22(25-17-19-9-6-15-27-14-5-4-10-21(19)27)12-11-20-23(30)28(24(31)26-20)16-13-18-7-2-1-3-8-18/h1-3,7-8,19-21H,4-6,9-17H2,(H,25,29)(H,26,31)/t19-,20?,21+/m0/s1. The number of hydrogen-bond donors (Lipinski definition) is 2. The second-order valence-corrected chi connectivity index (χ2v) is 9.07. The topological polar surface area (TPSA) is 81.8 Å². The Kier molecular flexibility index (Phi) is 7.22. The number of hydrogen-bond acceptors (Lipinski definition) is 4. The minimum atomic E-state index is -0.600. The molecule has 0 aromatic heterocycles. The van der Waals surface area contributed by atoms with Gasteiger partial charge in [0, 0.05) is 25.6 Å². The molecule has 7 nitrogen and oxygen atoms in total. The molecule has 0 radical (unpaired) electrons. The van der Waals surface area contributed by atoms with Crippen molar-refractivity contribution < 1.29 is 14.4 Å². The number of rotatable bonds is 8. The second-order valence-electron chi connectivity index (χ2n) is 9.07. The highest BCUT2D eigenvalue weighted by atomic mass is 16.2. The third-order valence-corrected chi connectivity index (χ3v) is 7.02. The van der Waals surface area contributed by atoms with Crippen LogP contribution >= 0.6 is 0 Å². The van der Waals surface area contributed by atoms with Gasteiger partial charge in [0.2, 0.25) is 5.91 Å². The number of imide groups is 1. The molecule has 1 unspecified atom stereocenters. The summed E-state index contributed by atoms with van der Waals surface area (Å²) >= 11 is 0. The molecule has 4 amide bonds. The first-order chi connectivity index (χ1) is 15.1. The largest absolute Gasteiger partial charge is 0.356 e. The number of piperidine rings is 2. The van der Waals surface area contributed by atoms with Crippen LogP contribution < -0.4 is 10.6 Å². The van der Waals surface area contributed by atoms with Gasteiger partial charge in [0.15, 0.2) is 0 Å². The van der Waals surface area contributed by atoms with E-state index in [4.69, 9.17) is 0 Å². The summed E-state index contributed by atoms with van der Waals surface area (Å²) < 4.78 is 0. The van der Waals surface area contributed by atoms with E-state index in [2.05, 4.69) is 15.5 Å². The van der Waals surface area contributed by atoms with Crippen LogP contribution in [-0.4, -0.2) is 65.9 Å². The van der Waals surface area contributed by atoms with Crippen molar-refractivity contribution in [2.45, 2.75) is 63.5 Å². The smallest absolute Gasteiger partial charge is 0.324 e. The number of nitrogens with zero attached hydrogens (tertiary/aromatic N) is 2. The van der Waals surface area contributed by atoms with E-state index in [0.717, 1.165) is 5.56 Å². The van der Waals surface area contributed by atoms with Gasteiger partial charge in [-0.05, 0) is 63.1 Å². The Bertz CT molecular complexity index is 782. The Balaban J connectivity index is 1.19. The first-order valence-corrected chi connectivity index (χ1v) is 11.8. The van der Waals surface area contributed by atoms with Crippen LogP contribution in [0.4, 0.5) is 4.79 Å². The minimum absolute atomic E-state index is 0.0299. The van der Waals surface area contributed by atoms with E-state index >= 15 is 0 Å². The van der Waals surface area contributed by atoms with Crippen molar-refractivity contribution in [2.24, 2.45) is 5.92 Å². The maximum Gasteiger partial charge on any atom is 0.324 e. The number of fused-ring (bicyclic) bond motifs is 1. The molecule has 4 rings (SSSR count). The molecular weight excluding hydrogens is 392 g/mol. The maximum absolute atomic E-state index is 12.6. The molecule has 31 heavy (non-hydrogen) atoms. The van der Waals surface area contributed by atoms with E-state index in [1.807, 2.05) is 30.3 Å². The average Bonchev–Trinajstić information content (AvgIpc) is 3.07. The zero-order valence-corrected chi connectivity index (χ0v) is 18.2. The Morgan fingerprint density at radius 1 is 1.06 bits per heavy atom. The van der Waals surface area contributed by atoms with E-state index in [-0.39, 0.29) is 24.3 Å². The number of urea groups is 1. The molecule has 1 aromatic carbocycles. The van der Waals surface area contributed by atoms with Crippen molar-refractivity contribution in [1.82, 2.24) is 20.4 Å². The lowest BCUT2D eigenvalue weighted by Crippen LogP contribution is -2.51. The zero-order chi connectivity index (χ0) is 21.6. The number of carbonyl (C=O) groups is 3. The van der Waals surface area contributed by atoms with E-state index < -0.39 is 6.04 Å². The fraction of sp³-hybridized carbons (Fsp3) is 0.625. The van der Waals surface area contributed by atoms with Gasteiger partial charge in [0.25, 0.3) is 5.91 Å². The van der Waals surface area contributed by atoms with Crippen LogP contribution in [0.3, 0.4) is 0 Å². The summed E-state index contributed by atoms with van der Waals surface area (Å²) in [6.45, 7) is 3.46. The van der Waals surface area contributed by atoms with Gasteiger partial charge in [-0.3, -0.25) is 14.5 Å². The normalized spacial score (nSPS) is 26.5. The molecule has 3 heterocycles. The van der Waals surface area contributed by atoms with Gasteiger partial charge in [-0.25, -0.2) is 4.79 Å². The van der Waals surface area contributed by atoms with Gasteiger partial charge in [0.05, 0.1) is 0 Å². The quantitative estimate of drug-likeness (QED) is 0.625. The van der Waals surface area contributed by atoms with Crippen LogP contribution in [0.15, 0.2) is 30.3 Å². The van der Waals surface area contributed by atoms with Gasteiger partial charge in [-0.15, -0.1) is 0 Å². The van der Waals surface area contributed by atoms with Gasteiger partial charge >= 0.3 is 6.03 Å². The summed E-state index contributed by atoms with van der Waals surface area (Å²) in [5, 5.41) is 5.83. The summed E-state index contributed by atoms with van der Waals surface area (Å²) in [5.41, 5.74) is 1.09. The first-order valence-electron chi connectivity index (χ1n) is 11.8. The Morgan fingerprint density at radius 2 is 1.87 bits per heavy atom. The summed E-state index contributed by atoms with van der Waals surface area (Å²) in [7, 11) is 0. The minimum Gasteiger partial charge on any atom is -0.356 e. The Hall–Kier alpha value is -2.41. The highest BCUT2D eigenvalue weighted by molar-refractivity contribution is 6.04. The summed E-state index contributed by atoms with van der Waals surface area (Å²) in [5.74, 6) is 0.274. The van der Waals surface area contributed by atoms with Crippen molar-refractivity contribution in [3.8, 4) is 0 Å². The predicted molar refractivity (Wildman–Crippen MR) is 118 cm³/mol. The number of amides is 4. The molecular formula is C24H34N4O3. The van der Waals surface area contributed by atoms with Crippen LogP contribution in [0.2, 0.25) is 0 Å². The Morgan fingerprint density at radius 3 is 2.71 bits per heavy atom. The molecule has 0 spiro atoms. The van der Waals surface area contributed by atoms with E-state index in [1.165, 1.54) is 50.1 Å². The third kappa shape index (κ3) is 5.45. The fourth-order valence-electron chi connectivity index (χ4n) is 5.29. The molecule has 0 aliphatic carbocycles. The monoisotopic (exact) mass is 426 g/mol. The van der Waals surface area contributed by atoms with Crippen molar-refractivity contribution in [3.63, 3.8) is 0 Å². The van der Waals surface area contributed by atoms with Crippen LogP contribution in [0, 0.1) is 5.92 Å². The third-order valence-electron chi connectivity index (χ3n) is 7.02. The molecule has 1 aromatic rings. The molecule has 3 fully saturated rings. The lowest BCUT2D eigenvalue weighted by Gasteiger charge is -2.44. The number of carbonyl (C=O) groups excluding carboxylic acids is 3. The predicted octanol–water partition coefficient (Wildman–Crippen LogP) is 2.31. The van der Waals surface area contributed by atoms with Crippen molar-refractivity contribution in [2.75, 3.05) is 26.2 Å². The molecule has 2 N–H and O–H groups in total. The second kappa shape index (κ2) is 10.3. The summed E-state index contributed by atoms with van der Waals surface area (Å²) in [6, 6.07) is 9.46. The molecule has 3 aliphatic rings. The molecule has 168 valence electrons. The van der Waals surface area contributed by atoms with Crippen molar-refractivity contribution >= 4 is 17.8 Å². The van der Waals surface area contributed by atoms with E-state index in [0.29, 0.717) is 37.9 Å². The summed E-state index contributed by atoms with van der Waals surface area (Å²) in [4.78, 5) is 41.1. The fourth-order valence-corrected chi connectivity index (χ4v) is 5.29. The average molecular weight is 427 g/mol. The molecule has 0 bridgehead atoms. The molecule has 3 aliphatic heterocycles. The number of nitrogens with one attached hydrogen (secondary N) is 2. The lowest BCUT2D eigenvalue weighted by molar-refractivity contribution is -0.127. The van der Waals surface area contributed by atoms with Crippen molar-refractivity contribution in [1.29, 1.82) is 0 Å². The lowest BCUT2D eigenvalue weighted by atomic mass is 9.83. The van der Waals surface area contributed by atoms with E-state index in [9.17, 15) is 14.4 Å². The molecule has 7 heteroatoms. The zero-order valence-electron chi connectivity index (χ0n) is 18.2. The summed E-state index contributed by atoms with van der Waals surface area (Å²) in [6.07, 6.45) is 7.43. The van der Waals surface area contributed by atoms with E-state index in [1.54, 1.807) is 0 Å². The molecule has 0 saturated carbocycles. The highest BCUT2D eigenvalue weighted by Gasteiger charge is 2.37. The highest BCUT2D eigenvalue weighted by Crippen LogP contribution is 2.30. The number of benzene rings is 1. The van der Waals surface area contributed by atoms with Crippen LogP contribution in [0.1, 0.15) is 50.5 Å². The van der Waals surface area contributed by atoms with Gasteiger partial charge in [0.1, 0.15) is 6.04 Å². The first kappa shape index (κ1) is 21.8. The maximum atomic E-state index is 12.6. The van der Waals surface area contributed by atoms with Crippen molar-refractivity contribution in [3.05, 3.63) is 35.9 Å².